The van der Waals surface area contributed by atoms with E-state index < -0.39 is 5.60 Å². The zero-order valence-corrected chi connectivity index (χ0v) is 14.9. The number of nitrogens with one attached hydrogen (secondary N) is 1. The molecule has 1 aromatic heterocycles. The van der Waals surface area contributed by atoms with E-state index in [9.17, 15) is 9.90 Å². The normalized spacial score (nSPS) is 25.2. The maximum Gasteiger partial charge on any atom is 0.254 e. The molecule has 1 aliphatic rings. The Morgan fingerprint density at radius 1 is 1.35 bits per heavy atom. The van der Waals surface area contributed by atoms with Crippen molar-refractivity contribution in [3.8, 4) is 0 Å². The van der Waals surface area contributed by atoms with Crippen molar-refractivity contribution >= 4 is 5.91 Å². The third kappa shape index (κ3) is 4.50. The first-order chi connectivity index (χ1) is 10.6. The molecule has 0 saturated heterocycles. The fourth-order valence-corrected chi connectivity index (χ4v) is 3.34. The van der Waals surface area contributed by atoms with Crippen molar-refractivity contribution in [2.75, 3.05) is 6.54 Å². The van der Waals surface area contributed by atoms with Crippen molar-refractivity contribution in [3.05, 3.63) is 23.3 Å². The fourth-order valence-electron chi connectivity index (χ4n) is 3.34. The molecule has 23 heavy (non-hydrogen) atoms. The number of hydrogen-bond acceptors (Lipinski definition) is 4. The molecule has 128 valence electrons. The Hall–Kier alpha value is -1.49. The SMILES string of the molecule is Cc1ncc(C(=O)NCC2(O)CCC(C(C)(C)C)CC2)c(C)n1. The lowest BCUT2D eigenvalue weighted by Crippen LogP contribution is -2.46. The summed E-state index contributed by atoms with van der Waals surface area (Å²) in [6.45, 7) is 10.6. The Kier molecular flexibility index (Phi) is 5.09. The van der Waals surface area contributed by atoms with Crippen LogP contribution in [0.25, 0.3) is 0 Å². The maximum absolute atomic E-state index is 12.3. The fraction of sp³-hybridized carbons (Fsp3) is 0.722. The molecule has 5 heteroatoms. The first-order valence-electron chi connectivity index (χ1n) is 8.41. The lowest BCUT2D eigenvalue weighted by Gasteiger charge is -2.41. The van der Waals surface area contributed by atoms with E-state index in [1.165, 1.54) is 0 Å². The molecular formula is C18H29N3O2. The van der Waals surface area contributed by atoms with E-state index in [0.717, 1.165) is 25.7 Å². The molecule has 1 aromatic rings. The van der Waals surface area contributed by atoms with Gasteiger partial charge in [0.05, 0.1) is 16.9 Å². The Balaban J connectivity index is 1.92. The molecule has 0 bridgehead atoms. The van der Waals surface area contributed by atoms with Crippen LogP contribution in [-0.2, 0) is 0 Å². The predicted molar refractivity (Wildman–Crippen MR) is 90.2 cm³/mol. The first kappa shape index (κ1) is 17.9. The number of aromatic nitrogens is 2. The van der Waals surface area contributed by atoms with Crippen molar-refractivity contribution in [1.29, 1.82) is 0 Å². The molecule has 2 rings (SSSR count). The van der Waals surface area contributed by atoms with Crippen molar-refractivity contribution in [2.45, 2.75) is 65.9 Å². The molecule has 0 atom stereocenters. The van der Waals surface area contributed by atoms with Gasteiger partial charge in [0.2, 0.25) is 0 Å². The quantitative estimate of drug-likeness (QED) is 0.898. The number of aliphatic hydroxyl groups is 1. The van der Waals surface area contributed by atoms with Gasteiger partial charge in [0.25, 0.3) is 5.91 Å². The minimum absolute atomic E-state index is 0.214. The molecule has 0 unspecified atom stereocenters. The van der Waals surface area contributed by atoms with E-state index in [1.54, 1.807) is 20.0 Å². The molecule has 0 radical (unpaired) electrons. The average molecular weight is 319 g/mol. The van der Waals surface area contributed by atoms with Gasteiger partial charge in [-0.05, 0) is 50.9 Å². The second-order valence-corrected chi connectivity index (χ2v) is 7.96. The second-order valence-electron chi connectivity index (χ2n) is 7.96. The Morgan fingerprint density at radius 2 is 1.96 bits per heavy atom. The van der Waals surface area contributed by atoms with Gasteiger partial charge in [-0.3, -0.25) is 4.79 Å². The van der Waals surface area contributed by atoms with E-state index >= 15 is 0 Å². The van der Waals surface area contributed by atoms with E-state index in [4.69, 9.17) is 0 Å². The zero-order valence-electron chi connectivity index (χ0n) is 14.9. The number of carbonyl (C=O) groups is 1. The largest absolute Gasteiger partial charge is 0.388 e. The molecule has 0 aromatic carbocycles. The molecule has 0 spiro atoms. The highest BCUT2D eigenvalue weighted by molar-refractivity contribution is 5.94. The summed E-state index contributed by atoms with van der Waals surface area (Å²) in [4.78, 5) is 20.6. The van der Waals surface area contributed by atoms with Gasteiger partial charge in [0.1, 0.15) is 5.82 Å². The molecule has 1 heterocycles. The summed E-state index contributed by atoms with van der Waals surface area (Å²) in [5.74, 6) is 1.07. The minimum Gasteiger partial charge on any atom is -0.388 e. The van der Waals surface area contributed by atoms with Crippen LogP contribution in [0, 0.1) is 25.2 Å². The summed E-state index contributed by atoms with van der Waals surface area (Å²) in [6.07, 6.45) is 5.02. The van der Waals surface area contributed by atoms with Crippen LogP contribution >= 0.6 is 0 Å². The highest BCUT2D eigenvalue weighted by Crippen LogP contribution is 2.41. The molecular weight excluding hydrogens is 290 g/mol. The topological polar surface area (TPSA) is 75.1 Å². The van der Waals surface area contributed by atoms with Crippen LogP contribution < -0.4 is 5.32 Å². The zero-order chi connectivity index (χ0) is 17.3. The number of aryl methyl sites for hydroxylation is 2. The molecule has 1 aliphatic carbocycles. The van der Waals surface area contributed by atoms with Gasteiger partial charge in [-0.25, -0.2) is 9.97 Å². The molecule has 1 saturated carbocycles. The van der Waals surface area contributed by atoms with Gasteiger partial charge in [0, 0.05) is 12.7 Å². The van der Waals surface area contributed by atoms with Gasteiger partial charge >= 0.3 is 0 Å². The molecule has 1 amide bonds. The van der Waals surface area contributed by atoms with E-state index in [2.05, 4.69) is 36.1 Å². The van der Waals surface area contributed by atoms with Crippen LogP contribution in [0.4, 0.5) is 0 Å². The van der Waals surface area contributed by atoms with Gasteiger partial charge in [0.15, 0.2) is 0 Å². The summed E-state index contributed by atoms with van der Waals surface area (Å²) in [5, 5.41) is 13.6. The third-order valence-electron chi connectivity index (χ3n) is 5.06. The van der Waals surface area contributed by atoms with E-state index in [0.29, 0.717) is 23.0 Å². The lowest BCUT2D eigenvalue weighted by molar-refractivity contribution is -0.0228. The van der Waals surface area contributed by atoms with Gasteiger partial charge in [-0.1, -0.05) is 20.8 Å². The summed E-state index contributed by atoms with van der Waals surface area (Å²) >= 11 is 0. The maximum atomic E-state index is 12.3. The minimum atomic E-state index is -0.795. The summed E-state index contributed by atoms with van der Waals surface area (Å²) < 4.78 is 0. The Bertz CT molecular complexity index is 570. The predicted octanol–water partition coefficient (Wildman–Crippen LogP) is 2.79. The summed E-state index contributed by atoms with van der Waals surface area (Å²) in [6, 6.07) is 0. The monoisotopic (exact) mass is 319 g/mol. The Morgan fingerprint density at radius 3 is 2.48 bits per heavy atom. The molecule has 0 aliphatic heterocycles. The van der Waals surface area contributed by atoms with Gasteiger partial charge < -0.3 is 10.4 Å². The van der Waals surface area contributed by atoms with E-state index in [-0.39, 0.29) is 17.9 Å². The van der Waals surface area contributed by atoms with Crippen LogP contribution in [0.15, 0.2) is 6.20 Å². The lowest BCUT2D eigenvalue weighted by atomic mass is 9.68. The Labute approximate surface area is 138 Å². The third-order valence-corrected chi connectivity index (χ3v) is 5.06. The van der Waals surface area contributed by atoms with Gasteiger partial charge in [-0.15, -0.1) is 0 Å². The van der Waals surface area contributed by atoms with Crippen LogP contribution in [0.2, 0.25) is 0 Å². The molecule has 1 fully saturated rings. The highest BCUT2D eigenvalue weighted by Gasteiger charge is 2.37. The number of hydrogen-bond donors (Lipinski definition) is 2. The van der Waals surface area contributed by atoms with Gasteiger partial charge in [-0.2, -0.15) is 0 Å². The summed E-state index contributed by atoms with van der Waals surface area (Å²) in [5.41, 5.74) is 0.624. The number of carbonyl (C=O) groups excluding carboxylic acids is 1. The molecule has 2 N–H and O–H groups in total. The van der Waals surface area contributed by atoms with Crippen LogP contribution in [0.5, 0.6) is 0 Å². The first-order valence-corrected chi connectivity index (χ1v) is 8.41. The average Bonchev–Trinajstić information content (AvgIpc) is 2.44. The van der Waals surface area contributed by atoms with Crippen LogP contribution in [-0.4, -0.2) is 33.1 Å². The number of amides is 1. The smallest absolute Gasteiger partial charge is 0.254 e. The van der Waals surface area contributed by atoms with E-state index in [1.807, 2.05) is 0 Å². The molecule has 5 nitrogen and oxygen atoms in total. The van der Waals surface area contributed by atoms with Crippen molar-refractivity contribution < 1.29 is 9.90 Å². The highest BCUT2D eigenvalue weighted by atomic mass is 16.3. The van der Waals surface area contributed by atoms with Crippen molar-refractivity contribution in [2.24, 2.45) is 11.3 Å². The number of nitrogens with zero attached hydrogens (tertiary/aromatic N) is 2. The number of rotatable bonds is 3. The van der Waals surface area contributed by atoms with Crippen LogP contribution in [0.3, 0.4) is 0 Å². The second kappa shape index (κ2) is 6.56. The summed E-state index contributed by atoms with van der Waals surface area (Å²) in [7, 11) is 0. The van der Waals surface area contributed by atoms with Crippen molar-refractivity contribution in [1.82, 2.24) is 15.3 Å². The standard InChI is InChI=1S/C18H29N3O2/c1-12-15(10-19-13(2)21-12)16(22)20-11-18(23)8-6-14(7-9-18)17(3,4)5/h10,14,23H,6-9,11H2,1-5H3,(H,20,22). The van der Waals surface area contributed by atoms with Crippen molar-refractivity contribution in [3.63, 3.8) is 0 Å². The van der Waals surface area contributed by atoms with Crippen LogP contribution in [0.1, 0.15) is 68.3 Å².